The fourth-order valence-electron chi connectivity index (χ4n) is 1.54. The number of anilines is 1. The summed E-state index contributed by atoms with van der Waals surface area (Å²) in [6.07, 6.45) is 0. The van der Waals surface area contributed by atoms with Crippen molar-refractivity contribution >= 4 is 38.8 Å². The number of alkyl halides is 2. The first-order valence-electron chi connectivity index (χ1n) is 5.67. The molecule has 2 rings (SSSR count). The zero-order chi connectivity index (χ0) is 15.5. The number of nitrogens with one attached hydrogen (secondary N) is 1. The highest BCUT2D eigenvalue weighted by Crippen LogP contribution is 2.33. The molecule has 0 bridgehead atoms. The second-order valence-electron chi connectivity index (χ2n) is 3.89. The van der Waals surface area contributed by atoms with E-state index in [4.69, 9.17) is 5.11 Å². The Kier molecular flexibility index (Phi) is 5.20. The van der Waals surface area contributed by atoms with Gasteiger partial charge in [0.1, 0.15) is 0 Å². The second-order valence-corrected chi connectivity index (χ2v) is 7.60. The molecule has 2 aromatic rings. The van der Waals surface area contributed by atoms with E-state index in [9.17, 15) is 17.2 Å². The summed E-state index contributed by atoms with van der Waals surface area (Å²) < 4.78 is 51.6. The van der Waals surface area contributed by atoms with Gasteiger partial charge in [-0.2, -0.15) is 8.78 Å². The molecule has 1 heterocycles. The van der Waals surface area contributed by atoms with Crippen LogP contribution in [0.5, 0.6) is 0 Å². The largest absolute Gasteiger partial charge is 0.391 e. The van der Waals surface area contributed by atoms with E-state index < -0.39 is 15.8 Å². The maximum absolute atomic E-state index is 12.5. The SMILES string of the molecule is O=S(=O)(Nc1ccccc1SC(F)F)c1csc(CO)c1. The predicted molar refractivity (Wildman–Crippen MR) is 79.4 cm³/mol. The van der Waals surface area contributed by atoms with Crippen molar-refractivity contribution < 1.29 is 22.3 Å². The van der Waals surface area contributed by atoms with Gasteiger partial charge in [-0.25, -0.2) is 8.42 Å². The lowest BCUT2D eigenvalue weighted by Gasteiger charge is -2.11. The zero-order valence-electron chi connectivity index (χ0n) is 10.5. The first-order valence-corrected chi connectivity index (χ1v) is 8.91. The Morgan fingerprint density at radius 3 is 2.67 bits per heavy atom. The summed E-state index contributed by atoms with van der Waals surface area (Å²) in [5, 5.41) is 10.3. The zero-order valence-corrected chi connectivity index (χ0v) is 12.9. The number of aliphatic hydroxyl groups is 1. The predicted octanol–water partition coefficient (Wildman–Crippen LogP) is 3.36. The summed E-state index contributed by atoms with van der Waals surface area (Å²) >= 11 is 1.38. The van der Waals surface area contributed by atoms with E-state index in [0.29, 0.717) is 4.88 Å². The molecule has 1 aromatic heterocycles. The number of hydrogen-bond donors (Lipinski definition) is 2. The molecule has 114 valence electrons. The highest BCUT2D eigenvalue weighted by Gasteiger charge is 2.19. The molecule has 4 nitrogen and oxygen atoms in total. The number of hydrogen-bond acceptors (Lipinski definition) is 5. The third-order valence-corrected chi connectivity index (χ3v) is 5.65. The average molecular weight is 351 g/mol. The van der Waals surface area contributed by atoms with Crippen LogP contribution in [0.4, 0.5) is 14.5 Å². The van der Waals surface area contributed by atoms with Crippen molar-refractivity contribution in [2.45, 2.75) is 22.2 Å². The standard InChI is InChI=1S/C12H11F2NO3S3/c13-12(14)20-11-4-2-1-3-10(11)15-21(17,18)9-5-8(6-16)19-7-9/h1-5,7,12,15-16H,6H2. The molecule has 0 amide bonds. The van der Waals surface area contributed by atoms with E-state index in [-0.39, 0.29) is 33.8 Å². The third-order valence-electron chi connectivity index (χ3n) is 2.44. The minimum absolute atomic E-state index is 0.00611. The minimum Gasteiger partial charge on any atom is -0.391 e. The Morgan fingerprint density at radius 1 is 1.33 bits per heavy atom. The summed E-state index contributed by atoms with van der Waals surface area (Å²) in [5.74, 6) is -2.64. The minimum atomic E-state index is -3.87. The summed E-state index contributed by atoms with van der Waals surface area (Å²) in [6, 6.07) is 7.29. The van der Waals surface area contributed by atoms with Crippen molar-refractivity contribution in [1.29, 1.82) is 0 Å². The number of benzene rings is 1. The molecule has 0 unspecified atom stereocenters. The molecule has 0 aliphatic rings. The van der Waals surface area contributed by atoms with Gasteiger partial charge < -0.3 is 5.11 Å². The summed E-state index contributed by atoms with van der Waals surface area (Å²) in [6.45, 7) is -0.252. The van der Waals surface area contributed by atoms with Gasteiger partial charge in [0.15, 0.2) is 0 Å². The smallest absolute Gasteiger partial charge is 0.288 e. The van der Waals surface area contributed by atoms with Crippen LogP contribution in [-0.2, 0) is 16.6 Å². The summed E-state index contributed by atoms with van der Waals surface area (Å²) in [4.78, 5) is 0.646. The number of thiophene rings is 1. The van der Waals surface area contributed by atoms with Gasteiger partial charge in [0.2, 0.25) is 0 Å². The number of thioether (sulfide) groups is 1. The van der Waals surface area contributed by atoms with Gasteiger partial charge in [-0.3, -0.25) is 4.72 Å². The van der Waals surface area contributed by atoms with Crippen LogP contribution in [0.2, 0.25) is 0 Å². The van der Waals surface area contributed by atoms with E-state index in [1.165, 1.54) is 23.6 Å². The Morgan fingerprint density at radius 2 is 2.05 bits per heavy atom. The number of para-hydroxylation sites is 1. The van der Waals surface area contributed by atoms with Crippen molar-refractivity contribution in [2.75, 3.05) is 4.72 Å². The van der Waals surface area contributed by atoms with Crippen molar-refractivity contribution in [2.24, 2.45) is 0 Å². The van der Waals surface area contributed by atoms with Crippen LogP contribution >= 0.6 is 23.1 Å². The maximum atomic E-state index is 12.5. The maximum Gasteiger partial charge on any atom is 0.288 e. The van der Waals surface area contributed by atoms with Crippen molar-refractivity contribution in [3.05, 3.63) is 40.6 Å². The molecule has 0 spiro atoms. The molecule has 9 heteroatoms. The highest BCUT2D eigenvalue weighted by molar-refractivity contribution is 7.99. The second kappa shape index (κ2) is 6.73. The fourth-order valence-corrected chi connectivity index (χ4v) is 4.41. The van der Waals surface area contributed by atoms with Gasteiger partial charge in [0.25, 0.3) is 15.8 Å². The van der Waals surface area contributed by atoms with Crippen molar-refractivity contribution in [1.82, 2.24) is 0 Å². The van der Waals surface area contributed by atoms with E-state index in [2.05, 4.69) is 4.72 Å². The summed E-state index contributed by atoms with van der Waals surface area (Å²) in [5.41, 5.74) is 0.0968. The summed E-state index contributed by atoms with van der Waals surface area (Å²) in [7, 11) is -3.87. The molecule has 0 aliphatic carbocycles. The van der Waals surface area contributed by atoms with Gasteiger partial charge in [0, 0.05) is 15.2 Å². The molecular weight excluding hydrogens is 340 g/mol. The molecule has 0 saturated heterocycles. The molecule has 21 heavy (non-hydrogen) atoms. The molecule has 0 aliphatic heterocycles. The van der Waals surface area contributed by atoms with Gasteiger partial charge in [-0.15, -0.1) is 11.3 Å². The van der Waals surface area contributed by atoms with Crippen LogP contribution in [0.15, 0.2) is 45.5 Å². The Hall–Kier alpha value is -1.16. The quantitative estimate of drug-likeness (QED) is 0.783. The first kappa shape index (κ1) is 16.2. The number of sulfonamides is 1. The van der Waals surface area contributed by atoms with Gasteiger partial charge in [-0.1, -0.05) is 23.9 Å². The molecule has 0 radical (unpaired) electrons. The first-order chi connectivity index (χ1) is 9.92. The monoisotopic (exact) mass is 351 g/mol. The molecule has 2 N–H and O–H groups in total. The molecule has 0 saturated carbocycles. The Bertz CT molecular complexity index is 716. The van der Waals surface area contributed by atoms with E-state index >= 15 is 0 Å². The van der Waals surface area contributed by atoms with Crippen molar-refractivity contribution in [3.8, 4) is 0 Å². The van der Waals surface area contributed by atoms with Gasteiger partial charge in [-0.05, 0) is 18.2 Å². The van der Waals surface area contributed by atoms with Gasteiger partial charge >= 0.3 is 0 Å². The van der Waals surface area contributed by atoms with Crippen LogP contribution in [0.25, 0.3) is 0 Å². The van der Waals surface area contributed by atoms with Crippen LogP contribution in [0.1, 0.15) is 4.88 Å². The van der Waals surface area contributed by atoms with Crippen LogP contribution in [0, 0.1) is 0 Å². The highest BCUT2D eigenvalue weighted by atomic mass is 32.2. The lowest BCUT2D eigenvalue weighted by Crippen LogP contribution is -2.12. The molecule has 0 fully saturated rings. The molecular formula is C12H11F2NO3S3. The lowest BCUT2D eigenvalue weighted by molar-refractivity contribution is 0.252. The average Bonchev–Trinajstić information content (AvgIpc) is 2.90. The number of halogens is 2. The number of rotatable bonds is 6. The Balaban J connectivity index is 2.28. The van der Waals surface area contributed by atoms with Crippen LogP contribution < -0.4 is 4.72 Å². The van der Waals surface area contributed by atoms with E-state index in [1.807, 2.05) is 0 Å². The van der Waals surface area contributed by atoms with Crippen LogP contribution in [0.3, 0.4) is 0 Å². The third kappa shape index (κ3) is 4.16. The topological polar surface area (TPSA) is 66.4 Å². The molecule has 1 aromatic carbocycles. The van der Waals surface area contributed by atoms with Gasteiger partial charge in [0.05, 0.1) is 17.2 Å². The fraction of sp³-hybridized carbons (Fsp3) is 0.167. The van der Waals surface area contributed by atoms with E-state index in [0.717, 1.165) is 11.3 Å². The molecule has 0 atom stereocenters. The lowest BCUT2D eigenvalue weighted by atomic mass is 10.3. The Labute approximate surface area is 128 Å². The normalized spacial score (nSPS) is 11.8. The van der Waals surface area contributed by atoms with E-state index in [1.54, 1.807) is 12.1 Å². The number of aliphatic hydroxyl groups excluding tert-OH is 1. The van der Waals surface area contributed by atoms with Crippen molar-refractivity contribution in [3.63, 3.8) is 0 Å². The van der Waals surface area contributed by atoms with Crippen LogP contribution in [-0.4, -0.2) is 19.3 Å².